The number of nitrogens with zero attached hydrogens (tertiary/aromatic N) is 1. The molecule has 0 spiro atoms. The monoisotopic (exact) mass is 268 g/mol. The smallest absolute Gasteiger partial charge is 0.406 e. The fourth-order valence-electron chi connectivity index (χ4n) is 0.917. The molecule has 0 heterocycles. The van der Waals surface area contributed by atoms with Gasteiger partial charge in [-0.25, -0.2) is 9.59 Å². The zero-order valence-electron chi connectivity index (χ0n) is 9.32. The lowest BCUT2D eigenvalue weighted by atomic mass is 10.4. The number of carboxylic acid groups (broad SMARTS) is 1. The Morgan fingerprint density at radius 2 is 1.83 bits per heavy atom. The normalized spacial score (nSPS) is 11.3. The molecule has 0 aromatic heterocycles. The van der Waals surface area contributed by atoms with Gasteiger partial charge >= 0.3 is 18.2 Å². The van der Waals surface area contributed by atoms with E-state index in [1.807, 2.05) is 0 Å². The Bertz CT molecular complexity index is 365. The quantitative estimate of drug-likeness (QED) is 0.736. The summed E-state index contributed by atoms with van der Waals surface area (Å²) in [6, 6.07) is -1.24. The number of carboxylic acids is 1. The molecule has 0 radical (unpaired) electrons. The average Bonchev–Trinajstić information content (AvgIpc) is 2.21. The summed E-state index contributed by atoms with van der Waals surface area (Å²) < 4.78 is 36.1. The molecule has 18 heavy (non-hydrogen) atoms. The van der Waals surface area contributed by atoms with E-state index in [9.17, 15) is 27.6 Å². The topological polar surface area (TPSA) is 86.7 Å². The van der Waals surface area contributed by atoms with E-state index < -0.39 is 30.6 Å². The lowest BCUT2D eigenvalue weighted by Gasteiger charge is -2.21. The predicted octanol–water partition coefficient (Wildman–Crippen LogP) is 0.748. The maximum atomic E-state index is 12.0. The molecule has 9 heteroatoms. The molecular formula is C9H11F3N2O4. The zero-order chi connectivity index (χ0) is 14.3. The molecule has 0 fully saturated rings. The first-order valence-electron chi connectivity index (χ1n) is 4.73. The number of urea groups is 1. The molecule has 2 N–H and O–H groups in total. The number of rotatable bonds is 4. The molecule has 102 valence electrons. The summed E-state index contributed by atoms with van der Waals surface area (Å²) in [5, 5.41) is 9.80. The Labute approximate surface area is 100 Å². The number of carbonyl (C=O) groups excluding carboxylic acids is 2. The van der Waals surface area contributed by atoms with E-state index in [1.165, 1.54) is 6.92 Å². The molecule has 0 aliphatic heterocycles. The molecule has 0 aliphatic carbocycles. The van der Waals surface area contributed by atoms with Crippen molar-refractivity contribution < 1.29 is 32.7 Å². The van der Waals surface area contributed by atoms with E-state index in [0.29, 0.717) is 17.1 Å². The highest BCUT2D eigenvalue weighted by molar-refractivity contribution is 6.02. The minimum atomic E-state index is -4.58. The van der Waals surface area contributed by atoms with Crippen molar-refractivity contribution in [3.8, 4) is 0 Å². The van der Waals surface area contributed by atoms with Gasteiger partial charge in [0.1, 0.15) is 6.54 Å². The maximum Gasteiger partial charge on any atom is 0.406 e. The number of imide groups is 1. The first-order valence-corrected chi connectivity index (χ1v) is 4.73. The summed E-state index contributed by atoms with van der Waals surface area (Å²) in [6.45, 7) is -0.435. The van der Waals surface area contributed by atoms with Gasteiger partial charge in [-0.15, -0.1) is 0 Å². The highest BCUT2D eigenvalue weighted by atomic mass is 19.4. The molecule has 0 atom stereocenters. The summed E-state index contributed by atoms with van der Waals surface area (Å²) in [4.78, 5) is 32.6. The van der Waals surface area contributed by atoms with Gasteiger partial charge < -0.3 is 10.0 Å². The van der Waals surface area contributed by atoms with Gasteiger partial charge in [-0.1, -0.05) is 0 Å². The average molecular weight is 268 g/mol. The largest absolute Gasteiger partial charge is 0.478 e. The zero-order valence-corrected chi connectivity index (χ0v) is 9.32. The minimum Gasteiger partial charge on any atom is -0.478 e. The molecular weight excluding hydrogens is 257 g/mol. The summed E-state index contributed by atoms with van der Waals surface area (Å²) in [5.74, 6) is -2.52. The fourth-order valence-corrected chi connectivity index (χ4v) is 0.917. The van der Waals surface area contributed by atoms with Crippen molar-refractivity contribution >= 4 is 17.9 Å². The summed E-state index contributed by atoms with van der Waals surface area (Å²) >= 11 is 0. The van der Waals surface area contributed by atoms with Crippen molar-refractivity contribution in [2.75, 3.05) is 13.1 Å². The lowest BCUT2D eigenvalue weighted by molar-refractivity contribution is -0.140. The molecule has 0 aromatic carbocycles. The van der Waals surface area contributed by atoms with Crippen LogP contribution in [0.1, 0.15) is 6.92 Å². The number of nitrogens with one attached hydrogen (secondary N) is 1. The van der Waals surface area contributed by atoms with Crippen LogP contribution < -0.4 is 5.32 Å². The molecule has 0 bridgehead atoms. The van der Waals surface area contributed by atoms with Crippen molar-refractivity contribution in [3.05, 3.63) is 12.2 Å². The highest BCUT2D eigenvalue weighted by Gasteiger charge is 2.32. The van der Waals surface area contributed by atoms with Crippen LogP contribution >= 0.6 is 0 Å². The van der Waals surface area contributed by atoms with E-state index in [2.05, 4.69) is 0 Å². The molecule has 0 saturated carbocycles. The number of aliphatic carboxylic acids is 1. The molecule has 6 nitrogen and oxygen atoms in total. The van der Waals surface area contributed by atoms with Crippen molar-refractivity contribution in [1.82, 2.24) is 10.2 Å². The Kier molecular flexibility index (Phi) is 5.86. The Morgan fingerprint density at radius 3 is 2.22 bits per heavy atom. The summed E-state index contributed by atoms with van der Waals surface area (Å²) in [5.41, 5.74) is 0. The Morgan fingerprint density at radius 1 is 1.28 bits per heavy atom. The van der Waals surface area contributed by atoms with Crippen LogP contribution in [0.25, 0.3) is 0 Å². The second kappa shape index (κ2) is 6.62. The lowest BCUT2D eigenvalue weighted by Crippen LogP contribution is -2.46. The molecule has 0 aromatic rings. The minimum absolute atomic E-state index is 0.249. The van der Waals surface area contributed by atoms with Crippen LogP contribution in [0.3, 0.4) is 0 Å². The van der Waals surface area contributed by atoms with Crippen molar-refractivity contribution in [3.63, 3.8) is 0 Å². The number of carbonyl (C=O) groups is 3. The van der Waals surface area contributed by atoms with Gasteiger partial charge in [-0.3, -0.25) is 10.1 Å². The van der Waals surface area contributed by atoms with Crippen LogP contribution in [0.4, 0.5) is 18.0 Å². The van der Waals surface area contributed by atoms with Crippen LogP contribution in [-0.2, 0) is 9.59 Å². The van der Waals surface area contributed by atoms with Gasteiger partial charge in [0.05, 0.1) is 0 Å². The molecule has 0 aliphatic rings. The van der Waals surface area contributed by atoms with E-state index in [-0.39, 0.29) is 6.54 Å². The van der Waals surface area contributed by atoms with Crippen LogP contribution in [0.5, 0.6) is 0 Å². The van der Waals surface area contributed by atoms with Gasteiger partial charge in [0.25, 0.3) is 5.91 Å². The first-order chi connectivity index (χ1) is 8.15. The Hall–Kier alpha value is -2.06. The Balaban J connectivity index is 4.45. The third kappa shape index (κ3) is 7.25. The van der Waals surface area contributed by atoms with Crippen LogP contribution in [0.15, 0.2) is 12.2 Å². The second-order valence-electron chi connectivity index (χ2n) is 3.10. The van der Waals surface area contributed by atoms with Crippen LogP contribution in [0.2, 0.25) is 0 Å². The van der Waals surface area contributed by atoms with Gasteiger partial charge in [0.2, 0.25) is 0 Å². The molecule has 0 saturated heterocycles. The van der Waals surface area contributed by atoms with Gasteiger partial charge in [-0.2, -0.15) is 13.2 Å². The molecule has 0 unspecified atom stereocenters. The highest BCUT2D eigenvalue weighted by Crippen LogP contribution is 2.16. The fraction of sp³-hybridized carbons (Fsp3) is 0.444. The van der Waals surface area contributed by atoms with E-state index in [4.69, 9.17) is 5.11 Å². The van der Waals surface area contributed by atoms with Crippen LogP contribution in [0, 0.1) is 0 Å². The summed E-state index contributed by atoms with van der Waals surface area (Å²) in [6.07, 6.45) is -3.59. The second-order valence-corrected chi connectivity index (χ2v) is 3.10. The number of hydrogen-bond acceptors (Lipinski definition) is 3. The number of hydrogen-bond donors (Lipinski definition) is 2. The number of alkyl halides is 3. The SMILES string of the molecule is CCN(CC(F)(F)F)C(=O)NC(=O)C=CC(=O)O. The predicted molar refractivity (Wildman–Crippen MR) is 53.6 cm³/mol. The van der Waals surface area contributed by atoms with E-state index in [1.54, 1.807) is 5.32 Å². The van der Waals surface area contributed by atoms with Crippen molar-refractivity contribution in [2.24, 2.45) is 0 Å². The van der Waals surface area contributed by atoms with Gasteiger partial charge in [0.15, 0.2) is 0 Å². The number of amides is 3. The van der Waals surface area contributed by atoms with Crippen molar-refractivity contribution in [1.29, 1.82) is 0 Å². The maximum absolute atomic E-state index is 12.0. The third-order valence-corrected chi connectivity index (χ3v) is 1.65. The first kappa shape index (κ1) is 15.9. The summed E-state index contributed by atoms with van der Waals surface area (Å²) in [7, 11) is 0. The number of halogens is 3. The van der Waals surface area contributed by atoms with Gasteiger partial charge in [-0.05, 0) is 6.92 Å². The van der Waals surface area contributed by atoms with E-state index in [0.717, 1.165) is 0 Å². The molecule has 0 rings (SSSR count). The van der Waals surface area contributed by atoms with Crippen LogP contribution in [-0.4, -0.2) is 47.2 Å². The van der Waals surface area contributed by atoms with E-state index >= 15 is 0 Å². The molecule has 3 amide bonds. The van der Waals surface area contributed by atoms with Gasteiger partial charge in [0, 0.05) is 18.7 Å². The standard InChI is InChI=1S/C9H11F3N2O4/c1-2-14(5-9(10,11)12)8(18)13-6(15)3-4-7(16)17/h3-4H,2,5H2,1H3,(H,16,17)(H,13,15,18). The van der Waals surface area contributed by atoms with Crippen molar-refractivity contribution in [2.45, 2.75) is 13.1 Å². The third-order valence-electron chi connectivity index (χ3n) is 1.65.